The van der Waals surface area contributed by atoms with Crippen LogP contribution in [0.4, 0.5) is 0 Å². The van der Waals surface area contributed by atoms with Crippen LogP contribution in [0.2, 0.25) is 0 Å². The summed E-state index contributed by atoms with van der Waals surface area (Å²) in [5.74, 6) is -0.292. The van der Waals surface area contributed by atoms with E-state index in [9.17, 15) is 9.59 Å². The molecule has 0 spiro atoms. The van der Waals surface area contributed by atoms with Crippen molar-refractivity contribution < 1.29 is 9.59 Å². The maximum atomic E-state index is 12.1. The fourth-order valence-electron chi connectivity index (χ4n) is 2.74. The third-order valence-electron chi connectivity index (χ3n) is 4.25. The lowest BCUT2D eigenvalue weighted by molar-refractivity contribution is -0.121. The third-order valence-corrected chi connectivity index (χ3v) is 4.78. The van der Waals surface area contributed by atoms with Gasteiger partial charge in [0, 0.05) is 48.5 Å². The average molecular weight is 441 g/mol. The van der Waals surface area contributed by atoms with Gasteiger partial charge in [-0.3, -0.25) is 9.59 Å². The Morgan fingerprint density at radius 2 is 1.75 bits per heavy atom. The molecule has 28 heavy (non-hydrogen) atoms. The number of benzene rings is 2. The van der Waals surface area contributed by atoms with Crippen LogP contribution in [0, 0.1) is 0 Å². The molecule has 0 fully saturated rings. The van der Waals surface area contributed by atoms with Crippen LogP contribution in [0.3, 0.4) is 0 Å². The SMILES string of the molecule is O=C(CCNC(=O)c1ccc(Br)cc1)NCc1ccccc1Cn1ccnc1. The Kier molecular flexibility index (Phi) is 6.97. The molecule has 0 radical (unpaired) electrons. The monoisotopic (exact) mass is 440 g/mol. The van der Waals surface area contributed by atoms with E-state index in [-0.39, 0.29) is 24.8 Å². The second-order valence-corrected chi connectivity index (χ2v) is 7.21. The highest BCUT2D eigenvalue weighted by Crippen LogP contribution is 2.11. The molecule has 0 saturated heterocycles. The van der Waals surface area contributed by atoms with Gasteiger partial charge in [-0.1, -0.05) is 40.2 Å². The quantitative estimate of drug-likeness (QED) is 0.564. The molecule has 2 N–H and O–H groups in total. The van der Waals surface area contributed by atoms with E-state index in [2.05, 4.69) is 31.5 Å². The van der Waals surface area contributed by atoms with Crippen molar-refractivity contribution in [1.82, 2.24) is 20.2 Å². The lowest BCUT2D eigenvalue weighted by Gasteiger charge is -2.11. The molecular formula is C21H21BrN4O2. The van der Waals surface area contributed by atoms with E-state index in [0.717, 1.165) is 15.6 Å². The van der Waals surface area contributed by atoms with Gasteiger partial charge in [0.15, 0.2) is 0 Å². The van der Waals surface area contributed by atoms with Gasteiger partial charge in [-0.05, 0) is 35.4 Å². The van der Waals surface area contributed by atoms with E-state index in [0.29, 0.717) is 18.7 Å². The Hall–Kier alpha value is -2.93. The number of hydrogen-bond acceptors (Lipinski definition) is 3. The molecule has 144 valence electrons. The summed E-state index contributed by atoms with van der Waals surface area (Å²) in [4.78, 5) is 28.2. The van der Waals surface area contributed by atoms with Crippen LogP contribution in [0.5, 0.6) is 0 Å². The summed E-state index contributed by atoms with van der Waals surface area (Å²) >= 11 is 3.34. The smallest absolute Gasteiger partial charge is 0.251 e. The van der Waals surface area contributed by atoms with Crippen molar-refractivity contribution in [1.29, 1.82) is 0 Å². The molecule has 0 aliphatic rings. The second-order valence-electron chi connectivity index (χ2n) is 6.29. The summed E-state index contributed by atoms with van der Waals surface area (Å²) in [5.41, 5.74) is 2.75. The van der Waals surface area contributed by atoms with Crippen molar-refractivity contribution >= 4 is 27.7 Å². The zero-order chi connectivity index (χ0) is 19.8. The molecule has 1 heterocycles. The predicted molar refractivity (Wildman–Crippen MR) is 111 cm³/mol. The molecule has 2 amide bonds. The Bertz CT molecular complexity index is 924. The number of aromatic nitrogens is 2. The van der Waals surface area contributed by atoms with Crippen LogP contribution in [0.15, 0.2) is 71.7 Å². The van der Waals surface area contributed by atoms with Crippen molar-refractivity contribution in [3.05, 3.63) is 88.4 Å². The number of rotatable bonds is 8. The topological polar surface area (TPSA) is 76.0 Å². The first-order valence-electron chi connectivity index (χ1n) is 8.95. The molecule has 0 saturated carbocycles. The van der Waals surface area contributed by atoms with E-state index in [1.54, 1.807) is 24.7 Å². The van der Waals surface area contributed by atoms with Gasteiger partial charge >= 0.3 is 0 Å². The van der Waals surface area contributed by atoms with Crippen LogP contribution in [-0.4, -0.2) is 27.9 Å². The standard InChI is InChI=1S/C21H21BrN4O2/c22-19-7-5-16(6-8-19)21(28)24-10-9-20(27)25-13-17-3-1-2-4-18(17)14-26-12-11-23-15-26/h1-8,11-12,15H,9-10,13-14H2,(H,24,28)(H,25,27). The summed E-state index contributed by atoms with van der Waals surface area (Å²) in [6, 6.07) is 15.1. The molecule has 2 aromatic carbocycles. The third kappa shape index (κ3) is 5.79. The summed E-state index contributed by atoms with van der Waals surface area (Å²) in [7, 11) is 0. The number of carbonyl (C=O) groups excluding carboxylic acids is 2. The molecule has 6 nitrogen and oxygen atoms in total. The first-order chi connectivity index (χ1) is 13.6. The zero-order valence-electron chi connectivity index (χ0n) is 15.3. The van der Waals surface area contributed by atoms with Crippen LogP contribution in [0.1, 0.15) is 27.9 Å². The number of nitrogens with zero attached hydrogens (tertiary/aromatic N) is 2. The summed E-state index contributed by atoms with van der Waals surface area (Å²) in [6.07, 6.45) is 5.64. The summed E-state index contributed by atoms with van der Waals surface area (Å²) < 4.78 is 2.90. The number of carbonyl (C=O) groups is 2. The van der Waals surface area contributed by atoms with Gasteiger partial charge < -0.3 is 15.2 Å². The van der Waals surface area contributed by atoms with Gasteiger partial charge in [0.25, 0.3) is 5.91 Å². The van der Waals surface area contributed by atoms with Gasteiger partial charge in [0.05, 0.1) is 6.33 Å². The molecule has 0 aliphatic carbocycles. The highest BCUT2D eigenvalue weighted by atomic mass is 79.9. The maximum Gasteiger partial charge on any atom is 0.251 e. The number of halogens is 1. The number of amides is 2. The minimum atomic E-state index is -0.189. The highest BCUT2D eigenvalue weighted by Gasteiger charge is 2.08. The lowest BCUT2D eigenvalue weighted by atomic mass is 10.1. The minimum absolute atomic E-state index is 0.103. The van der Waals surface area contributed by atoms with Gasteiger partial charge in [-0.25, -0.2) is 4.98 Å². The Balaban J connectivity index is 1.44. The molecule has 1 aromatic heterocycles. The van der Waals surface area contributed by atoms with E-state index < -0.39 is 0 Å². The van der Waals surface area contributed by atoms with E-state index in [1.165, 1.54) is 0 Å². The van der Waals surface area contributed by atoms with E-state index in [4.69, 9.17) is 0 Å². The van der Waals surface area contributed by atoms with Gasteiger partial charge in [-0.2, -0.15) is 0 Å². The number of imidazole rings is 1. The zero-order valence-corrected chi connectivity index (χ0v) is 16.9. The molecule has 0 aliphatic heterocycles. The van der Waals surface area contributed by atoms with Crippen LogP contribution >= 0.6 is 15.9 Å². The van der Waals surface area contributed by atoms with Crippen LogP contribution in [-0.2, 0) is 17.9 Å². The summed E-state index contributed by atoms with van der Waals surface area (Å²) in [5, 5.41) is 5.68. The minimum Gasteiger partial charge on any atom is -0.352 e. The fraction of sp³-hybridized carbons (Fsp3) is 0.190. The first kappa shape index (κ1) is 19.8. The Labute approximate surface area is 172 Å². The Morgan fingerprint density at radius 3 is 2.46 bits per heavy atom. The van der Waals surface area contributed by atoms with Crippen molar-refractivity contribution in [2.45, 2.75) is 19.5 Å². The van der Waals surface area contributed by atoms with Gasteiger partial charge in [0.1, 0.15) is 0 Å². The van der Waals surface area contributed by atoms with Crippen molar-refractivity contribution in [2.24, 2.45) is 0 Å². The lowest BCUT2D eigenvalue weighted by Crippen LogP contribution is -2.30. The molecule has 0 atom stereocenters. The molecule has 0 bridgehead atoms. The molecule has 3 aromatic rings. The van der Waals surface area contributed by atoms with E-state index >= 15 is 0 Å². The molecule has 0 unspecified atom stereocenters. The highest BCUT2D eigenvalue weighted by molar-refractivity contribution is 9.10. The summed E-state index contributed by atoms with van der Waals surface area (Å²) in [6.45, 7) is 1.44. The maximum absolute atomic E-state index is 12.1. The van der Waals surface area contributed by atoms with Crippen molar-refractivity contribution in [2.75, 3.05) is 6.54 Å². The van der Waals surface area contributed by atoms with Crippen LogP contribution < -0.4 is 10.6 Å². The molecule has 7 heteroatoms. The second kappa shape index (κ2) is 9.85. The van der Waals surface area contributed by atoms with Gasteiger partial charge in [0.2, 0.25) is 5.91 Å². The number of hydrogen-bond donors (Lipinski definition) is 2. The van der Waals surface area contributed by atoms with Crippen molar-refractivity contribution in [3.8, 4) is 0 Å². The molecular weight excluding hydrogens is 420 g/mol. The van der Waals surface area contributed by atoms with E-state index in [1.807, 2.05) is 47.2 Å². The Morgan fingerprint density at radius 1 is 1.00 bits per heavy atom. The van der Waals surface area contributed by atoms with Crippen molar-refractivity contribution in [3.63, 3.8) is 0 Å². The average Bonchev–Trinajstić information content (AvgIpc) is 3.21. The first-order valence-corrected chi connectivity index (χ1v) is 9.74. The largest absolute Gasteiger partial charge is 0.352 e. The van der Waals surface area contributed by atoms with Gasteiger partial charge in [-0.15, -0.1) is 0 Å². The number of nitrogens with one attached hydrogen (secondary N) is 2. The predicted octanol–water partition coefficient (Wildman–Crippen LogP) is 3.13. The normalized spacial score (nSPS) is 10.5. The fourth-order valence-corrected chi connectivity index (χ4v) is 3.00. The molecule has 3 rings (SSSR count). The van der Waals surface area contributed by atoms with Crippen LogP contribution in [0.25, 0.3) is 0 Å².